The van der Waals surface area contributed by atoms with Gasteiger partial charge >= 0.3 is 6.18 Å². The van der Waals surface area contributed by atoms with Gasteiger partial charge in [-0.3, -0.25) is 4.90 Å². The number of ether oxygens (including phenoxy) is 2. The highest BCUT2D eigenvalue weighted by Crippen LogP contribution is 2.30. The molecule has 1 aliphatic heterocycles. The van der Waals surface area contributed by atoms with Crippen LogP contribution in [-0.4, -0.2) is 69.5 Å². The van der Waals surface area contributed by atoms with Crippen molar-refractivity contribution < 1.29 is 22.6 Å². The van der Waals surface area contributed by atoms with Gasteiger partial charge in [-0.05, 0) is 26.1 Å². The predicted octanol–water partition coefficient (Wildman–Crippen LogP) is 1.88. The fourth-order valence-electron chi connectivity index (χ4n) is 2.44. The molecular weight excluding hydrogens is 349 g/mol. The molecule has 0 spiro atoms. The van der Waals surface area contributed by atoms with Gasteiger partial charge in [0.05, 0.1) is 13.1 Å². The zero-order chi connectivity index (χ0) is 19.0. The second-order valence-electron chi connectivity index (χ2n) is 6.00. The molecule has 0 bridgehead atoms. The Labute approximate surface area is 151 Å². The van der Waals surface area contributed by atoms with Gasteiger partial charge < -0.3 is 20.1 Å². The summed E-state index contributed by atoms with van der Waals surface area (Å²) in [5.41, 5.74) is 0. The molecule has 1 heterocycles. The number of para-hydroxylation sites is 2. The normalized spacial score (nSPS) is 17.3. The standard InChI is InChI=1S/C17H25F3N4O2/c1-3-21-16(22-8-9-24(2)12-17(18,19)20)23-10-13-11-25-14-6-4-5-7-15(14)26-13/h4-7,13H,3,8-12H2,1-2H3,(H2,21,22,23). The molecule has 146 valence electrons. The maximum absolute atomic E-state index is 12.3. The highest BCUT2D eigenvalue weighted by atomic mass is 19.4. The van der Waals surface area contributed by atoms with Crippen molar-refractivity contribution in [1.29, 1.82) is 0 Å². The van der Waals surface area contributed by atoms with Crippen LogP contribution in [0, 0.1) is 0 Å². The molecule has 0 aromatic heterocycles. The molecule has 2 rings (SSSR count). The molecule has 6 nitrogen and oxygen atoms in total. The van der Waals surface area contributed by atoms with Crippen LogP contribution < -0.4 is 20.1 Å². The van der Waals surface area contributed by atoms with E-state index in [1.165, 1.54) is 11.9 Å². The average Bonchev–Trinajstić information content (AvgIpc) is 2.58. The Morgan fingerprint density at radius 3 is 2.69 bits per heavy atom. The highest BCUT2D eigenvalue weighted by molar-refractivity contribution is 5.79. The zero-order valence-electron chi connectivity index (χ0n) is 15.0. The van der Waals surface area contributed by atoms with Crippen molar-refractivity contribution >= 4 is 5.96 Å². The molecule has 1 aliphatic rings. The summed E-state index contributed by atoms with van der Waals surface area (Å²) in [7, 11) is 1.43. The van der Waals surface area contributed by atoms with Crippen LogP contribution in [0.15, 0.2) is 29.3 Å². The van der Waals surface area contributed by atoms with Gasteiger partial charge in [-0.15, -0.1) is 0 Å². The van der Waals surface area contributed by atoms with E-state index in [1.54, 1.807) is 0 Å². The second-order valence-corrected chi connectivity index (χ2v) is 6.00. The van der Waals surface area contributed by atoms with Gasteiger partial charge in [-0.25, -0.2) is 4.99 Å². The van der Waals surface area contributed by atoms with E-state index in [4.69, 9.17) is 9.47 Å². The first-order chi connectivity index (χ1) is 12.4. The lowest BCUT2D eigenvalue weighted by molar-refractivity contribution is -0.142. The van der Waals surface area contributed by atoms with Crippen LogP contribution in [0.25, 0.3) is 0 Å². The Balaban J connectivity index is 1.79. The number of nitrogens with zero attached hydrogens (tertiary/aromatic N) is 2. The molecule has 1 atom stereocenters. The van der Waals surface area contributed by atoms with Crippen molar-refractivity contribution in [2.75, 3.05) is 46.4 Å². The third kappa shape index (κ3) is 6.99. The summed E-state index contributed by atoms with van der Waals surface area (Å²) < 4.78 is 48.4. The molecular formula is C17H25F3N4O2. The van der Waals surface area contributed by atoms with Crippen molar-refractivity contribution in [2.45, 2.75) is 19.2 Å². The lowest BCUT2D eigenvalue weighted by atomic mass is 10.2. The Bertz CT molecular complexity index is 596. The summed E-state index contributed by atoms with van der Waals surface area (Å²) in [6.07, 6.45) is -4.41. The van der Waals surface area contributed by atoms with Crippen LogP contribution in [0.2, 0.25) is 0 Å². The molecule has 1 aromatic carbocycles. The first kappa shape index (κ1) is 20.2. The number of hydrogen-bond donors (Lipinski definition) is 2. The summed E-state index contributed by atoms with van der Waals surface area (Å²) in [6, 6.07) is 7.43. The summed E-state index contributed by atoms with van der Waals surface area (Å²) in [5.74, 6) is 1.94. The Hall–Kier alpha value is -2.16. The molecule has 0 amide bonds. The summed E-state index contributed by atoms with van der Waals surface area (Å²) >= 11 is 0. The van der Waals surface area contributed by atoms with Gasteiger partial charge in [0.15, 0.2) is 23.6 Å². The van der Waals surface area contributed by atoms with Gasteiger partial charge in [-0.2, -0.15) is 13.2 Å². The summed E-state index contributed by atoms with van der Waals surface area (Å²) in [6.45, 7) is 3.01. The third-order valence-corrected chi connectivity index (χ3v) is 3.60. The predicted molar refractivity (Wildman–Crippen MR) is 93.9 cm³/mol. The third-order valence-electron chi connectivity index (χ3n) is 3.60. The SMILES string of the molecule is CCNC(=NCC1COc2ccccc2O1)NCCN(C)CC(F)(F)F. The number of nitrogens with one attached hydrogen (secondary N) is 2. The van der Waals surface area contributed by atoms with E-state index >= 15 is 0 Å². The van der Waals surface area contributed by atoms with E-state index in [-0.39, 0.29) is 12.6 Å². The quantitative estimate of drug-likeness (QED) is 0.564. The van der Waals surface area contributed by atoms with E-state index in [2.05, 4.69) is 15.6 Å². The van der Waals surface area contributed by atoms with E-state index in [0.29, 0.717) is 43.7 Å². The first-order valence-corrected chi connectivity index (χ1v) is 8.53. The maximum Gasteiger partial charge on any atom is 0.401 e. The molecule has 1 aromatic rings. The van der Waals surface area contributed by atoms with Crippen molar-refractivity contribution in [3.63, 3.8) is 0 Å². The van der Waals surface area contributed by atoms with E-state index < -0.39 is 12.7 Å². The molecule has 9 heteroatoms. The summed E-state index contributed by atoms with van der Waals surface area (Å²) in [4.78, 5) is 5.64. The number of alkyl halides is 3. The minimum atomic E-state index is -4.19. The van der Waals surface area contributed by atoms with Gasteiger partial charge in [-0.1, -0.05) is 12.1 Å². The number of rotatable bonds is 7. The molecule has 0 saturated heterocycles. The highest BCUT2D eigenvalue weighted by Gasteiger charge is 2.28. The van der Waals surface area contributed by atoms with E-state index in [0.717, 1.165) is 0 Å². The van der Waals surface area contributed by atoms with Crippen LogP contribution in [0.1, 0.15) is 6.92 Å². The van der Waals surface area contributed by atoms with Crippen molar-refractivity contribution in [1.82, 2.24) is 15.5 Å². The van der Waals surface area contributed by atoms with Gasteiger partial charge in [0.1, 0.15) is 6.61 Å². The minimum absolute atomic E-state index is 0.215. The molecule has 0 aliphatic carbocycles. The molecule has 1 unspecified atom stereocenters. The molecule has 0 saturated carbocycles. The maximum atomic E-state index is 12.3. The van der Waals surface area contributed by atoms with Gasteiger partial charge in [0, 0.05) is 19.6 Å². The largest absolute Gasteiger partial charge is 0.486 e. The number of likely N-dealkylation sites (N-methyl/N-ethyl adjacent to an activating group) is 1. The number of fused-ring (bicyclic) bond motifs is 1. The Kier molecular flexibility index (Phi) is 7.38. The first-order valence-electron chi connectivity index (χ1n) is 8.53. The van der Waals surface area contributed by atoms with Gasteiger partial charge in [0.25, 0.3) is 0 Å². The average molecular weight is 374 g/mol. The topological polar surface area (TPSA) is 58.1 Å². The fourth-order valence-corrected chi connectivity index (χ4v) is 2.44. The number of benzene rings is 1. The van der Waals surface area contributed by atoms with Crippen molar-refractivity contribution in [3.8, 4) is 11.5 Å². The van der Waals surface area contributed by atoms with E-state index in [1.807, 2.05) is 31.2 Å². The molecule has 0 radical (unpaired) electrons. The van der Waals surface area contributed by atoms with E-state index in [9.17, 15) is 13.2 Å². The molecule has 0 fully saturated rings. The van der Waals surface area contributed by atoms with Crippen LogP contribution in [0.5, 0.6) is 11.5 Å². The molecule has 26 heavy (non-hydrogen) atoms. The van der Waals surface area contributed by atoms with Crippen LogP contribution >= 0.6 is 0 Å². The minimum Gasteiger partial charge on any atom is -0.486 e. The number of hydrogen-bond acceptors (Lipinski definition) is 4. The Morgan fingerprint density at radius 1 is 1.27 bits per heavy atom. The van der Waals surface area contributed by atoms with Crippen LogP contribution in [0.4, 0.5) is 13.2 Å². The van der Waals surface area contributed by atoms with Crippen molar-refractivity contribution in [3.05, 3.63) is 24.3 Å². The lowest BCUT2D eigenvalue weighted by Crippen LogP contribution is -2.43. The van der Waals surface area contributed by atoms with Gasteiger partial charge in [0.2, 0.25) is 0 Å². The number of halogens is 3. The number of guanidine groups is 1. The monoisotopic (exact) mass is 374 g/mol. The Morgan fingerprint density at radius 2 is 2.00 bits per heavy atom. The second kappa shape index (κ2) is 9.51. The van der Waals surface area contributed by atoms with Crippen LogP contribution in [0.3, 0.4) is 0 Å². The van der Waals surface area contributed by atoms with Crippen molar-refractivity contribution in [2.24, 2.45) is 4.99 Å². The van der Waals surface area contributed by atoms with Crippen LogP contribution in [-0.2, 0) is 0 Å². The summed E-state index contributed by atoms with van der Waals surface area (Å²) in [5, 5.41) is 6.09. The zero-order valence-corrected chi connectivity index (χ0v) is 15.0. The fraction of sp³-hybridized carbons (Fsp3) is 0.588. The smallest absolute Gasteiger partial charge is 0.401 e. The number of aliphatic imine (C=N–C) groups is 1. The lowest BCUT2D eigenvalue weighted by Gasteiger charge is -2.25. The molecule has 2 N–H and O–H groups in total.